The summed E-state index contributed by atoms with van der Waals surface area (Å²) in [6.07, 6.45) is 6.30. The van der Waals surface area contributed by atoms with E-state index in [1.54, 1.807) is 0 Å². The summed E-state index contributed by atoms with van der Waals surface area (Å²) in [4.78, 5) is 19.0. The second-order valence-corrected chi connectivity index (χ2v) is 5.98. The first-order valence-corrected chi connectivity index (χ1v) is 7.59. The molecule has 5 heteroatoms. The maximum atomic E-state index is 12.5. The van der Waals surface area contributed by atoms with Gasteiger partial charge in [-0.05, 0) is 30.9 Å². The van der Waals surface area contributed by atoms with Crippen LogP contribution in [0.1, 0.15) is 25.5 Å². The lowest BCUT2D eigenvalue weighted by molar-refractivity contribution is -0.134. The number of hydrogen-bond acceptors (Lipinski definition) is 3. The number of piperidine rings is 1. The van der Waals surface area contributed by atoms with Crippen LogP contribution in [-0.4, -0.2) is 39.3 Å². The number of pyridine rings is 1. The summed E-state index contributed by atoms with van der Waals surface area (Å²) >= 11 is 0. The topological polar surface area (TPSA) is 63.6 Å². The van der Waals surface area contributed by atoms with Gasteiger partial charge in [0, 0.05) is 31.5 Å². The van der Waals surface area contributed by atoms with E-state index < -0.39 is 0 Å². The second-order valence-electron chi connectivity index (χ2n) is 5.98. The van der Waals surface area contributed by atoms with Crippen molar-refractivity contribution in [3.8, 4) is 0 Å². The quantitative estimate of drug-likeness (QED) is 0.929. The number of carbonyl (C=O) groups is 1. The van der Waals surface area contributed by atoms with Crippen molar-refractivity contribution >= 4 is 11.6 Å². The Bertz CT molecular complexity index is 603. The molecule has 1 aliphatic rings. The van der Waals surface area contributed by atoms with Gasteiger partial charge in [0.2, 0.25) is 5.91 Å². The van der Waals surface area contributed by atoms with Gasteiger partial charge in [0.15, 0.2) is 0 Å². The molecule has 2 atom stereocenters. The van der Waals surface area contributed by atoms with Gasteiger partial charge in [-0.15, -0.1) is 0 Å². The third-order valence-corrected chi connectivity index (χ3v) is 4.32. The number of nitrogens with zero attached hydrogens (tertiary/aromatic N) is 3. The zero-order chi connectivity index (χ0) is 14.8. The Kier molecular flexibility index (Phi) is 3.92. The van der Waals surface area contributed by atoms with Gasteiger partial charge in [-0.1, -0.05) is 13.0 Å². The average Bonchev–Trinajstić information content (AvgIpc) is 2.88. The van der Waals surface area contributed by atoms with E-state index in [4.69, 9.17) is 5.73 Å². The lowest BCUT2D eigenvalue weighted by atomic mass is 9.92. The summed E-state index contributed by atoms with van der Waals surface area (Å²) in [5, 5.41) is 0. The Morgan fingerprint density at radius 2 is 2.33 bits per heavy atom. The van der Waals surface area contributed by atoms with Crippen molar-refractivity contribution in [1.82, 2.24) is 14.3 Å². The van der Waals surface area contributed by atoms with E-state index >= 15 is 0 Å². The molecule has 0 saturated carbocycles. The average molecular weight is 286 g/mol. The van der Waals surface area contributed by atoms with Crippen molar-refractivity contribution in [2.75, 3.05) is 13.1 Å². The number of aromatic nitrogens is 2. The fourth-order valence-corrected chi connectivity index (χ4v) is 3.13. The first-order chi connectivity index (χ1) is 10.2. The van der Waals surface area contributed by atoms with Crippen LogP contribution >= 0.6 is 0 Å². The Balaban J connectivity index is 1.73. The van der Waals surface area contributed by atoms with Crippen molar-refractivity contribution in [3.05, 3.63) is 36.3 Å². The Morgan fingerprint density at radius 1 is 1.48 bits per heavy atom. The standard InChI is InChI=1S/C16H22N4O/c1-12-5-7-20(14(8-12)10-17)16(21)9-13-11-19-6-3-2-4-15(19)18-13/h2-4,6,11-12,14H,5,7-10,17H2,1H3. The van der Waals surface area contributed by atoms with E-state index in [2.05, 4.69) is 11.9 Å². The fourth-order valence-electron chi connectivity index (χ4n) is 3.13. The zero-order valence-electron chi connectivity index (χ0n) is 12.4. The number of likely N-dealkylation sites (tertiary alicyclic amines) is 1. The number of carbonyl (C=O) groups excluding carboxylic acids is 1. The van der Waals surface area contributed by atoms with Gasteiger partial charge in [0.05, 0.1) is 12.1 Å². The van der Waals surface area contributed by atoms with Crippen LogP contribution < -0.4 is 5.73 Å². The molecule has 2 aromatic heterocycles. The highest BCUT2D eigenvalue weighted by Crippen LogP contribution is 2.22. The molecule has 1 aliphatic heterocycles. The van der Waals surface area contributed by atoms with Gasteiger partial charge in [-0.25, -0.2) is 4.98 Å². The first-order valence-electron chi connectivity index (χ1n) is 7.59. The van der Waals surface area contributed by atoms with E-state index in [9.17, 15) is 4.79 Å². The van der Waals surface area contributed by atoms with Crippen molar-refractivity contribution in [1.29, 1.82) is 0 Å². The molecular formula is C16H22N4O. The van der Waals surface area contributed by atoms with Crippen LogP contribution in [0.3, 0.4) is 0 Å². The molecule has 0 spiro atoms. The summed E-state index contributed by atoms with van der Waals surface area (Å²) in [6.45, 7) is 3.59. The van der Waals surface area contributed by atoms with Gasteiger partial charge in [-0.3, -0.25) is 4.79 Å². The molecule has 3 heterocycles. The molecular weight excluding hydrogens is 264 g/mol. The predicted molar refractivity (Wildman–Crippen MR) is 81.8 cm³/mol. The summed E-state index contributed by atoms with van der Waals surface area (Å²) in [6, 6.07) is 6.03. The molecule has 5 nitrogen and oxygen atoms in total. The molecule has 1 fully saturated rings. The van der Waals surface area contributed by atoms with Gasteiger partial charge in [0.25, 0.3) is 0 Å². The van der Waals surface area contributed by atoms with Crippen molar-refractivity contribution < 1.29 is 4.79 Å². The normalized spacial score (nSPS) is 22.7. The van der Waals surface area contributed by atoms with E-state index in [0.717, 1.165) is 30.7 Å². The summed E-state index contributed by atoms with van der Waals surface area (Å²) < 4.78 is 1.95. The molecule has 2 unspecified atom stereocenters. The van der Waals surface area contributed by atoms with Gasteiger partial charge < -0.3 is 15.0 Å². The Hall–Kier alpha value is -1.88. The minimum absolute atomic E-state index is 0.140. The summed E-state index contributed by atoms with van der Waals surface area (Å²) in [5.41, 5.74) is 7.53. The van der Waals surface area contributed by atoms with E-state index in [1.807, 2.05) is 39.9 Å². The maximum Gasteiger partial charge on any atom is 0.228 e. The van der Waals surface area contributed by atoms with Crippen LogP contribution in [0.4, 0.5) is 0 Å². The SMILES string of the molecule is CC1CCN(C(=O)Cc2cn3ccccc3n2)C(CN)C1. The summed E-state index contributed by atoms with van der Waals surface area (Å²) in [7, 11) is 0. The largest absolute Gasteiger partial charge is 0.338 e. The lowest BCUT2D eigenvalue weighted by Crippen LogP contribution is -2.49. The molecule has 0 aliphatic carbocycles. The number of hydrogen-bond donors (Lipinski definition) is 1. The van der Waals surface area contributed by atoms with Crippen LogP contribution in [0.2, 0.25) is 0 Å². The van der Waals surface area contributed by atoms with Crippen LogP contribution in [-0.2, 0) is 11.2 Å². The number of fused-ring (bicyclic) bond motifs is 1. The van der Waals surface area contributed by atoms with Crippen molar-refractivity contribution in [2.24, 2.45) is 11.7 Å². The van der Waals surface area contributed by atoms with Crippen LogP contribution in [0.5, 0.6) is 0 Å². The van der Waals surface area contributed by atoms with E-state index in [0.29, 0.717) is 18.9 Å². The first kappa shape index (κ1) is 14.1. The zero-order valence-corrected chi connectivity index (χ0v) is 12.4. The molecule has 0 bridgehead atoms. The molecule has 0 aromatic carbocycles. The third-order valence-electron chi connectivity index (χ3n) is 4.32. The van der Waals surface area contributed by atoms with Crippen LogP contribution in [0.15, 0.2) is 30.6 Å². The summed E-state index contributed by atoms with van der Waals surface area (Å²) in [5.74, 6) is 0.790. The number of amides is 1. The number of nitrogens with two attached hydrogens (primary N) is 1. The molecule has 3 rings (SSSR count). The minimum atomic E-state index is 0.140. The van der Waals surface area contributed by atoms with Crippen LogP contribution in [0.25, 0.3) is 5.65 Å². The number of imidazole rings is 1. The van der Waals surface area contributed by atoms with Gasteiger partial charge >= 0.3 is 0 Å². The molecule has 1 amide bonds. The van der Waals surface area contributed by atoms with Crippen molar-refractivity contribution in [3.63, 3.8) is 0 Å². The smallest absolute Gasteiger partial charge is 0.228 e. The Labute approximate surface area is 124 Å². The second kappa shape index (κ2) is 5.85. The number of rotatable bonds is 3. The lowest BCUT2D eigenvalue weighted by Gasteiger charge is -2.38. The van der Waals surface area contributed by atoms with Crippen molar-refractivity contribution in [2.45, 2.75) is 32.2 Å². The van der Waals surface area contributed by atoms with Gasteiger partial charge in [-0.2, -0.15) is 0 Å². The molecule has 2 aromatic rings. The third kappa shape index (κ3) is 2.93. The molecule has 0 radical (unpaired) electrons. The monoisotopic (exact) mass is 286 g/mol. The van der Waals surface area contributed by atoms with Gasteiger partial charge in [0.1, 0.15) is 5.65 Å². The van der Waals surface area contributed by atoms with Crippen LogP contribution in [0, 0.1) is 5.92 Å². The highest BCUT2D eigenvalue weighted by atomic mass is 16.2. The maximum absolute atomic E-state index is 12.5. The van der Waals surface area contributed by atoms with E-state index in [1.165, 1.54) is 0 Å². The molecule has 1 saturated heterocycles. The highest BCUT2D eigenvalue weighted by Gasteiger charge is 2.29. The molecule has 21 heavy (non-hydrogen) atoms. The molecule has 112 valence electrons. The highest BCUT2D eigenvalue weighted by molar-refractivity contribution is 5.79. The Morgan fingerprint density at radius 3 is 3.10 bits per heavy atom. The molecule has 2 N–H and O–H groups in total. The predicted octanol–water partition coefficient (Wildman–Crippen LogP) is 1.46. The fraction of sp³-hybridized carbons (Fsp3) is 0.500. The minimum Gasteiger partial charge on any atom is -0.338 e. The van der Waals surface area contributed by atoms with E-state index in [-0.39, 0.29) is 11.9 Å².